The van der Waals surface area contributed by atoms with Gasteiger partial charge >= 0.3 is 0 Å². The SMILES string of the molecule is C[N+]1(CCCCC=O)CCNCC1. The summed E-state index contributed by atoms with van der Waals surface area (Å²) in [6.07, 6.45) is 4.01. The fraction of sp³-hybridized carbons (Fsp3) is 0.900. The minimum atomic E-state index is 0.734. The lowest BCUT2D eigenvalue weighted by Crippen LogP contribution is -2.56. The van der Waals surface area contributed by atoms with Crippen LogP contribution in [0.5, 0.6) is 0 Å². The van der Waals surface area contributed by atoms with E-state index in [1.54, 1.807) is 0 Å². The van der Waals surface area contributed by atoms with Crippen molar-refractivity contribution in [1.82, 2.24) is 5.32 Å². The number of unbranched alkanes of at least 4 members (excludes halogenated alkanes) is 2. The molecule has 0 aromatic carbocycles. The Bertz CT molecular complexity index is 153. The molecular weight excluding hydrogens is 164 g/mol. The summed E-state index contributed by atoms with van der Waals surface area (Å²) in [5.41, 5.74) is 0. The highest BCUT2D eigenvalue weighted by molar-refractivity contribution is 5.48. The predicted octanol–water partition coefficient (Wildman–Crippen LogP) is 0.405. The summed E-state index contributed by atoms with van der Waals surface area (Å²) in [4.78, 5) is 10.1. The zero-order valence-corrected chi connectivity index (χ0v) is 8.59. The lowest BCUT2D eigenvalue weighted by Gasteiger charge is -2.38. The second-order valence-electron chi connectivity index (χ2n) is 4.20. The molecule has 1 rings (SSSR count). The highest BCUT2D eigenvalue weighted by Gasteiger charge is 2.23. The Morgan fingerprint density at radius 2 is 2.00 bits per heavy atom. The average Bonchev–Trinajstić information content (AvgIpc) is 2.14. The first-order valence-corrected chi connectivity index (χ1v) is 5.25. The standard InChI is InChI=1S/C10H21N2O/c1-12(7-3-2-4-10-13)8-5-11-6-9-12/h10-11H,2-9H2,1H3/q+1. The van der Waals surface area contributed by atoms with Crippen LogP contribution in [0.15, 0.2) is 0 Å². The summed E-state index contributed by atoms with van der Waals surface area (Å²) in [5.74, 6) is 0. The van der Waals surface area contributed by atoms with Crippen molar-refractivity contribution in [2.24, 2.45) is 0 Å². The van der Waals surface area contributed by atoms with Crippen LogP contribution in [-0.2, 0) is 4.79 Å². The van der Waals surface area contributed by atoms with Crippen LogP contribution in [0.4, 0.5) is 0 Å². The van der Waals surface area contributed by atoms with E-state index >= 15 is 0 Å². The lowest BCUT2D eigenvalue weighted by molar-refractivity contribution is -0.911. The van der Waals surface area contributed by atoms with Gasteiger partial charge in [-0.05, 0) is 12.8 Å². The fourth-order valence-corrected chi connectivity index (χ4v) is 1.88. The molecule has 0 bridgehead atoms. The Morgan fingerprint density at radius 1 is 1.31 bits per heavy atom. The summed E-state index contributed by atoms with van der Waals surface area (Å²) < 4.78 is 1.19. The molecule has 1 heterocycles. The van der Waals surface area contributed by atoms with Crippen molar-refractivity contribution in [3.63, 3.8) is 0 Å². The Labute approximate surface area is 80.7 Å². The summed E-state index contributed by atoms with van der Waals surface area (Å²) in [5, 5.41) is 3.37. The molecule has 0 aliphatic carbocycles. The maximum atomic E-state index is 10.1. The molecule has 1 N–H and O–H groups in total. The maximum Gasteiger partial charge on any atom is 0.119 e. The van der Waals surface area contributed by atoms with E-state index in [4.69, 9.17) is 0 Å². The average molecular weight is 185 g/mol. The van der Waals surface area contributed by atoms with Crippen molar-refractivity contribution >= 4 is 6.29 Å². The van der Waals surface area contributed by atoms with Crippen molar-refractivity contribution in [1.29, 1.82) is 0 Å². The van der Waals surface area contributed by atoms with Gasteiger partial charge < -0.3 is 14.6 Å². The van der Waals surface area contributed by atoms with Crippen LogP contribution in [0, 0.1) is 0 Å². The van der Waals surface area contributed by atoms with Crippen molar-refractivity contribution in [2.45, 2.75) is 19.3 Å². The smallest absolute Gasteiger partial charge is 0.119 e. The minimum absolute atomic E-state index is 0.734. The maximum absolute atomic E-state index is 10.1. The van der Waals surface area contributed by atoms with E-state index in [2.05, 4.69) is 12.4 Å². The summed E-state index contributed by atoms with van der Waals surface area (Å²) in [6.45, 7) is 5.99. The van der Waals surface area contributed by atoms with Crippen LogP contribution in [0.1, 0.15) is 19.3 Å². The van der Waals surface area contributed by atoms with Gasteiger partial charge in [0, 0.05) is 19.5 Å². The topological polar surface area (TPSA) is 29.1 Å². The fourth-order valence-electron chi connectivity index (χ4n) is 1.88. The lowest BCUT2D eigenvalue weighted by atomic mass is 10.2. The minimum Gasteiger partial charge on any atom is -0.324 e. The zero-order valence-electron chi connectivity index (χ0n) is 8.59. The van der Waals surface area contributed by atoms with Crippen LogP contribution in [0.3, 0.4) is 0 Å². The molecule has 0 amide bonds. The van der Waals surface area contributed by atoms with E-state index in [1.807, 2.05) is 0 Å². The van der Waals surface area contributed by atoms with Gasteiger partial charge in [-0.2, -0.15) is 0 Å². The molecule has 3 heteroatoms. The third-order valence-electron chi connectivity index (χ3n) is 2.93. The van der Waals surface area contributed by atoms with Crippen LogP contribution in [0.2, 0.25) is 0 Å². The molecule has 1 fully saturated rings. The second kappa shape index (κ2) is 5.35. The van der Waals surface area contributed by atoms with Crippen LogP contribution in [0.25, 0.3) is 0 Å². The van der Waals surface area contributed by atoms with Crippen molar-refractivity contribution < 1.29 is 9.28 Å². The van der Waals surface area contributed by atoms with Gasteiger partial charge in [0.2, 0.25) is 0 Å². The molecule has 76 valence electrons. The zero-order chi connectivity index (χ0) is 9.57. The number of carbonyl (C=O) groups is 1. The van der Waals surface area contributed by atoms with E-state index in [-0.39, 0.29) is 0 Å². The quantitative estimate of drug-likeness (QED) is 0.382. The van der Waals surface area contributed by atoms with Gasteiger partial charge in [0.15, 0.2) is 0 Å². The Hall–Kier alpha value is -0.410. The number of nitrogens with one attached hydrogen (secondary N) is 1. The molecule has 0 atom stereocenters. The number of likely N-dealkylation sites (N-methyl/N-ethyl adjacent to an activating group) is 1. The number of nitrogens with zero attached hydrogens (tertiary/aromatic N) is 1. The van der Waals surface area contributed by atoms with Crippen LogP contribution in [-0.4, -0.2) is 50.5 Å². The van der Waals surface area contributed by atoms with Gasteiger partial charge in [-0.25, -0.2) is 0 Å². The van der Waals surface area contributed by atoms with E-state index in [1.165, 1.54) is 30.5 Å². The second-order valence-corrected chi connectivity index (χ2v) is 4.20. The van der Waals surface area contributed by atoms with Crippen molar-refractivity contribution in [3.05, 3.63) is 0 Å². The van der Waals surface area contributed by atoms with Crippen molar-refractivity contribution in [3.8, 4) is 0 Å². The summed E-state index contributed by atoms with van der Waals surface area (Å²) in [7, 11) is 2.32. The highest BCUT2D eigenvalue weighted by Crippen LogP contribution is 2.07. The van der Waals surface area contributed by atoms with Crippen LogP contribution >= 0.6 is 0 Å². The van der Waals surface area contributed by atoms with Gasteiger partial charge in [0.05, 0.1) is 26.7 Å². The summed E-state index contributed by atoms with van der Waals surface area (Å²) in [6, 6.07) is 0. The van der Waals surface area contributed by atoms with Gasteiger partial charge in [0.1, 0.15) is 6.29 Å². The number of aldehydes is 1. The Balaban J connectivity index is 2.13. The van der Waals surface area contributed by atoms with Gasteiger partial charge in [-0.1, -0.05) is 0 Å². The third-order valence-corrected chi connectivity index (χ3v) is 2.93. The molecule has 0 radical (unpaired) electrons. The number of carbonyl (C=O) groups excluding carboxylic acids is 1. The number of quaternary nitrogens is 1. The van der Waals surface area contributed by atoms with Crippen molar-refractivity contribution in [2.75, 3.05) is 39.8 Å². The highest BCUT2D eigenvalue weighted by atomic mass is 16.1. The van der Waals surface area contributed by atoms with Gasteiger partial charge in [-0.3, -0.25) is 0 Å². The number of rotatable bonds is 5. The first-order chi connectivity index (χ1) is 6.27. The third kappa shape index (κ3) is 3.87. The van der Waals surface area contributed by atoms with E-state index < -0.39 is 0 Å². The molecule has 0 aromatic heterocycles. The van der Waals surface area contributed by atoms with E-state index in [0.717, 1.165) is 32.2 Å². The molecule has 1 aliphatic heterocycles. The predicted molar refractivity (Wildman–Crippen MR) is 53.6 cm³/mol. The van der Waals surface area contributed by atoms with E-state index in [9.17, 15) is 4.79 Å². The first kappa shape index (κ1) is 10.7. The van der Waals surface area contributed by atoms with Gasteiger partial charge in [0.25, 0.3) is 0 Å². The molecule has 0 spiro atoms. The Kier molecular flexibility index (Phi) is 4.39. The first-order valence-electron chi connectivity index (χ1n) is 5.25. The molecule has 13 heavy (non-hydrogen) atoms. The number of hydrogen-bond donors (Lipinski definition) is 1. The number of hydrogen-bond acceptors (Lipinski definition) is 2. The molecule has 0 unspecified atom stereocenters. The molecule has 0 aromatic rings. The van der Waals surface area contributed by atoms with Gasteiger partial charge in [-0.15, -0.1) is 0 Å². The largest absolute Gasteiger partial charge is 0.324 e. The van der Waals surface area contributed by atoms with Crippen LogP contribution < -0.4 is 5.32 Å². The molecule has 1 aliphatic rings. The Morgan fingerprint density at radius 3 is 2.62 bits per heavy atom. The normalized spacial score (nSPS) is 21.3. The monoisotopic (exact) mass is 185 g/mol. The number of piperazine rings is 1. The molecular formula is C10H21N2O+. The van der Waals surface area contributed by atoms with E-state index in [0.29, 0.717) is 0 Å². The molecule has 3 nitrogen and oxygen atoms in total. The molecule has 0 saturated carbocycles. The molecule has 1 saturated heterocycles. The summed E-state index contributed by atoms with van der Waals surface area (Å²) >= 11 is 0.